The van der Waals surface area contributed by atoms with Crippen molar-refractivity contribution in [2.24, 2.45) is 4.99 Å². The summed E-state index contributed by atoms with van der Waals surface area (Å²) in [6, 6.07) is 7.00. The van der Waals surface area contributed by atoms with Gasteiger partial charge in [-0.2, -0.15) is 0 Å². The van der Waals surface area contributed by atoms with Gasteiger partial charge in [0.2, 0.25) is 10.0 Å². The van der Waals surface area contributed by atoms with E-state index in [0.717, 1.165) is 31.9 Å². The molecular weight excluding hydrogens is 463 g/mol. The van der Waals surface area contributed by atoms with Crippen molar-refractivity contribution in [2.75, 3.05) is 34.2 Å². The Kier molecular flexibility index (Phi) is 11.8. The van der Waals surface area contributed by atoms with Gasteiger partial charge in [-0.3, -0.25) is 0 Å². The number of sulfonamides is 1. The Morgan fingerprint density at radius 3 is 2.50 bits per heavy atom. The fourth-order valence-corrected chi connectivity index (χ4v) is 3.40. The normalized spacial score (nSPS) is 11.8. The first-order chi connectivity index (χ1) is 11.8. The number of benzene rings is 1. The van der Waals surface area contributed by atoms with E-state index in [0.29, 0.717) is 17.0 Å². The monoisotopic (exact) mass is 494 g/mol. The lowest BCUT2D eigenvalue weighted by molar-refractivity contribution is 0.470. The smallest absolute Gasteiger partial charge is 0.242 e. The Morgan fingerprint density at radius 1 is 1.27 bits per heavy atom. The van der Waals surface area contributed by atoms with Crippen LogP contribution in [0.1, 0.15) is 25.3 Å². The first-order valence-electron chi connectivity index (χ1n) is 8.45. The van der Waals surface area contributed by atoms with Crippen LogP contribution in [-0.2, 0) is 16.6 Å². The van der Waals surface area contributed by atoms with E-state index in [2.05, 4.69) is 21.8 Å². The van der Waals surface area contributed by atoms with Crippen molar-refractivity contribution < 1.29 is 8.42 Å². The van der Waals surface area contributed by atoms with E-state index < -0.39 is 10.0 Å². The molecule has 1 N–H and O–H groups in total. The van der Waals surface area contributed by atoms with Crippen LogP contribution in [0.25, 0.3) is 0 Å². The Labute approximate surface area is 175 Å². The molecule has 8 heteroatoms. The Hall–Kier alpha value is -1.13. The second-order valence-corrected chi connectivity index (χ2v) is 8.04. The van der Waals surface area contributed by atoms with Gasteiger partial charge in [-0.15, -0.1) is 30.6 Å². The Morgan fingerprint density at radius 2 is 1.92 bits per heavy atom. The van der Waals surface area contributed by atoms with Gasteiger partial charge in [-0.25, -0.2) is 17.7 Å². The minimum Gasteiger partial charge on any atom is -0.357 e. The van der Waals surface area contributed by atoms with Crippen LogP contribution in [0.15, 0.2) is 46.8 Å². The zero-order valence-electron chi connectivity index (χ0n) is 16.1. The molecule has 0 aliphatic heterocycles. The maximum absolute atomic E-state index is 12.5. The molecule has 0 bridgehead atoms. The molecule has 0 spiro atoms. The second kappa shape index (κ2) is 12.3. The molecule has 0 radical (unpaired) electrons. The highest BCUT2D eigenvalue weighted by Crippen LogP contribution is 2.19. The largest absolute Gasteiger partial charge is 0.357 e. The molecule has 1 rings (SSSR count). The quantitative estimate of drug-likeness (QED) is 0.189. The van der Waals surface area contributed by atoms with Gasteiger partial charge in [0.25, 0.3) is 0 Å². The summed E-state index contributed by atoms with van der Waals surface area (Å²) in [5, 5.41) is 3.25. The maximum Gasteiger partial charge on any atom is 0.242 e. The molecule has 0 unspecified atom stereocenters. The summed E-state index contributed by atoms with van der Waals surface area (Å²) in [7, 11) is 1.56. The number of nitrogens with zero attached hydrogens (tertiary/aromatic N) is 3. The third kappa shape index (κ3) is 7.24. The van der Waals surface area contributed by atoms with Crippen molar-refractivity contribution in [2.45, 2.75) is 31.2 Å². The van der Waals surface area contributed by atoms with Gasteiger partial charge >= 0.3 is 0 Å². The van der Waals surface area contributed by atoms with E-state index in [1.165, 1.54) is 18.4 Å². The van der Waals surface area contributed by atoms with E-state index >= 15 is 0 Å². The van der Waals surface area contributed by atoms with E-state index in [1.807, 2.05) is 26.1 Å². The second-order valence-electron chi connectivity index (χ2n) is 5.92. The minimum atomic E-state index is -3.49. The third-order valence-corrected chi connectivity index (χ3v) is 5.64. The lowest BCUT2D eigenvalue weighted by Crippen LogP contribution is -2.39. The van der Waals surface area contributed by atoms with E-state index in [4.69, 9.17) is 0 Å². The molecule has 0 saturated heterocycles. The molecular formula is C18H31IN4O2S. The van der Waals surface area contributed by atoms with Gasteiger partial charge in [0, 0.05) is 34.2 Å². The number of nitrogens with one attached hydrogen (secondary N) is 1. The Bertz CT molecular complexity index is 690. The number of halogens is 1. The highest BCUT2D eigenvalue weighted by Gasteiger charge is 2.20. The summed E-state index contributed by atoms with van der Waals surface area (Å²) in [6.07, 6.45) is 3.85. The van der Waals surface area contributed by atoms with E-state index in [-0.39, 0.29) is 24.0 Å². The summed E-state index contributed by atoms with van der Waals surface area (Å²) in [5.74, 6) is 0.767. The number of unbranched alkanes of at least 4 members (excludes halogenated alkanes) is 1. The molecule has 0 heterocycles. The SMILES string of the molecule is C=CCCCN(C)C(=NCc1ccccc1S(=O)(=O)N(C)C)NCC.I. The van der Waals surface area contributed by atoms with Crippen LogP contribution in [0, 0.1) is 0 Å². The first kappa shape index (κ1) is 24.9. The summed E-state index contributed by atoms with van der Waals surface area (Å²) < 4.78 is 26.2. The molecule has 148 valence electrons. The summed E-state index contributed by atoms with van der Waals surface area (Å²) in [6.45, 7) is 7.66. The third-order valence-electron chi connectivity index (χ3n) is 3.73. The molecule has 0 atom stereocenters. The van der Waals surface area contributed by atoms with Gasteiger partial charge in [-0.05, 0) is 31.4 Å². The maximum atomic E-state index is 12.5. The molecule has 0 aliphatic carbocycles. The number of aliphatic imine (C=N–C) groups is 1. The highest BCUT2D eigenvalue weighted by atomic mass is 127. The number of hydrogen-bond donors (Lipinski definition) is 1. The zero-order chi connectivity index (χ0) is 18.9. The van der Waals surface area contributed by atoms with Crippen molar-refractivity contribution in [3.63, 3.8) is 0 Å². The van der Waals surface area contributed by atoms with Crippen molar-refractivity contribution in [1.82, 2.24) is 14.5 Å². The van der Waals surface area contributed by atoms with Gasteiger partial charge in [0.05, 0.1) is 11.4 Å². The summed E-state index contributed by atoms with van der Waals surface area (Å²) >= 11 is 0. The molecule has 0 aliphatic rings. The van der Waals surface area contributed by atoms with Gasteiger partial charge < -0.3 is 10.2 Å². The van der Waals surface area contributed by atoms with Crippen molar-refractivity contribution in [3.05, 3.63) is 42.5 Å². The predicted octanol–water partition coefficient (Wildman–Crippen LogP) is 2.92. The molecule has 0 saturated carbocycles. The molecule has 0 aromatic heterocycles. The Balaban J connectivity index is 0.00000625. The topological polar surface area (TPSA) is 65.0 Å². The molecule has 0 amide bonds. The van der Waals surface area contributed by atoms with Gasteiger partial charge in [0.1, 0.15) is 0 Å². The number of hydrogen-bond acceptors (Lipinski definition) is 3. The molecule has 26 heavy (non-hydrogen) atoms. The average molecular weight is 494 g/mol. The van der Waals surface area contributed by atoms with Crippen molar-refractivity contribution in [1.29, 1.82) is 0 Å². The average Bonchev–Trinajstić information content (AvgIpc) is 2.58. The molecule has 1 aromatic rings. The van der Waals surface area contributed by atoms with Crippen LogP contribution in [-0.4, -0.2) is 57.8 Å². The van der Waals surface area contributed by atoms with Crippen LogP contribution in [0.2, 0.25) is 0 Å². The number of allylic oxidation sites excluding steroid dienone is 1. The lowest BCUT2D eigenvalue weighted by atomic mass is 10.2. The summed E-state index contributed by atoms with van der Waals surface area (Å²) in [4.78, 5) is 6.97. The van der Waals surface area contributed by atoms with Crippen LogP contribution < -0.4 is 5.32 Å². The first-order valence-corrected chi connectivity index (χ1v) is 9.89. The predicted molar refractivity (Wildman–Crippen MR) is 120 cm³/mol. The zero-order valence-corrected chi connectivity index (χ0v) is 19.3. The van der Waals surface area contributed by atoms with E-state index in [9.17, 15) is 8.42 Å². The molecule has 6 nitrogen and oxygen atoms in total. The number of guanidine groups is 1. The summed E-state index contributed by atoms with van der Waals surface area (Å²) in [5.41, 5.74) is 0.686. The fraction of sp³-hybridized carbons (Fsp3) is 0.500. The highest BCUT2D eigenvalue weighted by molar-refractivity contribution is 14.0. The van der Waals surface area contributed by atoms with Crippen molar-refractivity contribution >= 4 is 40.0 Å². The van der Waals surface area contributed by atoms with Gasteiger partial charge in [0.15, 0.2) is 5.96 Å². The lowest BCUT2D eigenvalue weighted by Gasteiger charge is -2.22. The van der Waals surface area contributed by atoms with Crippen LogP contribution in [0.3, 0.4) is 0 Å². The van der Waals surface area contributed by atoms with Gasteiger partial charge in [-0.1, -0.05) is 24.3 Å². The minimum absolute atomic E-state index is 0. The molecule has 1 aromatic carbocycles. The van der Waals surface area contributed by atoms with E-state index in [1.54, 1.807) is 18.2 Å². The van der Waals surface area contributed by atoms with Crippen LogP contribution >= 0.6 is 24.0 Å². The standard InChI is InChI=1S/C18H30N4O2S.HI/c1-6-8-11-14-22(5)18(19-7-2)20-15-16-12-9-10-13-17(16)25(23,24)21(3)4;/h6,9-10,12-13H,1,7-8,11,14-15H2,2-5H3,(H,19,20);1H. The van der Waals surface area contributed by atoms with Crippen LogP contribution in [0.5, 0.6) is 0 Å². The fourth-order valence-electron chi connectivity index (χ4n) is 2.29. The number of rotatable bonds is 9. The van der Waals surface area contributed by atoms with Crippen molar-refractivity contribution in [3.8, 4) is 0 Å². The van der Waals surface area contributed by atoms with Crippen LogP contribution in [0.4, 0.5) is 0 Å². The molecule has 0 fully saturated rings.